The minimum atomic E-state index is -0.419. The zero-order valence-corrected chi connectivity index (χ0v) is 13.9. The number of hydrogen-bond acceptors (Lipinski definition) is 3. The van der Waals surface area contributed by atoms with Crippen molar-refractivity contribution in [2.45, 2.75) is 31.2 Å². The maximum atomic E-state index is 12.2. The highest BCUT2D eigenvalue weighted by atomic mass is 16.4. The molecule has 1 fully saturated rings. The largest absolute Gasteiger partial charge is 0.419 e. The van der Waals surface area contributed by atoms with Crippen LogP contribution in [0.1, 0.15) is 24.8 Å². The number of benzene rings is 2. The molecule has 1 aromatic heterocycles. The second kappa shape index (κ2) is 6.24. The molecule has 1 heterocycles. The van der Waals surface area contributed by atoms with E-state index in [1.54, 1.807) is 6.07 Å². The number of rotatable bonds is 6. The van der Waals surface area contributed by atoms with E-state index in [4.69, 9.17) is 4.42 Å². The van der Waals surface area contributed by atoms with E-state index in [1.165, 1.54) is 10.1 Å². The third-order valence-electron chi connectivity index (χ3n) is 5.00. The van der Waals surface area contributed by atoms with Crippen LogP contribution >= 0.6 is 0 Å². The summed E-state index contributed by atoms with van der Waals surface area (Å²) in [7, 11) is 0. The summed E-state index contributed by atoms with van der Waals surface area (Å²) in [5, 5.41) is 3.03. The lowest BCUT2D eigenvalue weighted by atomic mass is 9.96. The standard InChI is InChI=1S/C20H20N2O3/c23-18(21-14-20(11-12-20)15-6-2-1-3-7-15)10-13-22-16-8-4-5-9-17(16)25-19(22)24/h1-9H,10-14H2,(H,21,23). The third-order valence-corrected chi connectivity index (χ3v) is 5.00. The van der Waals surface area contributed by atoms with Gasteiger partial charge in [-0.1, -0.05) is 42.5 Å². The predicted molar refractivity (Wildman–Crippen MR) is 95.5 cm³/mol. The van der Waals surface area contributed by atoms with Crippen molar-refractivity contribution in [3.8, 4) is 0 Å². The average Bonchev–Trinajstić information content (AvgIpc) is 3.37. The number of carbonyl (C=O) groups is 1. The summed E-state index contributed by atoms with van der Waals surface area (Å²) in [5.41, 5.74) is 2.65. The average molecular weight is 336 g/mol. The quantitative estimate of drug-likeness (QED) is 0.753. The monoisotopic (exact) mass is 336 g/mol. The smallest absolute Gasteiger partial charge is 0.408 e. The van der Waals surface area contributed by atoms with Crippen LogP contribution in [0, 0.1) is 0 Å². The minimum Gasteiger partial charge on any atom is -0.408 e. The van der Waals surface area contributed by atoms with Crippen LogP contribution < -0.4 is 11.1 Å². The normalized spacial score (nSPS) is 15.2. The summed E-state index contributed by atoms with van der Waals surface area (Å²) in [6, 6.07) is 17.6. The van der Waals surface area contributed by atoms with E-state index in [0.717, 1.165) is 18.4 Å². The minimum absolute atomic E-state index is 0.0422. The second-order valence-electron chi connectivity index (χ2n) is 6.66. The van der Waals surface area contributed by atoms with Crippen molar-refractivity contribution in [1.29, 1.82) is 0 Å². The maximum Gasteiger partial charge on any atom is 0.419 e. The summed E-state index contributed by atoms with van der Waals surface area (Å²) >= 11 is 0. The number of aromatic nitrogens is 1. The van der Waals surface area contributed by atoms with E-state index in [0.29, 0.717) is 18.7 Å². The zero-order chi connectivity index (χ0) is 17.3. The topological polar surface area (TPSA) is 64.2 Å². The number of nitrogens with one attached hydrogen (secondary N) is 1. The van der Waals surface area contributed by atoms with Gasteiger partial charge in [0.2, 0.25) is 5.91 Å². The molecular formula is C20H20N2O3. The number of carbonyl (C=O) groups excluding carboxylic acids is 1. The molecule has 1 N–H and O–H groups in total. The van der Waals surface area contributed by atoms with Crippen LogP contribution in [-0.4, -0.2) is 17.0 Å². The van der Waals surface area contributed by atoms with Crippen molar-refractivity contribution in [3.63, 3.8) is 0 Å². The number of aryl methyl sites for hydroxylation is 1. The number of hydrogen-bond donors (Lipinski definition) is 1. The molecule has 0 saturated heterocycles. The van der Waals surface area contributed by atoms with Crippen molar-refractivity contribution in [1.82, 2.24) is 9.88 Å². The molecule has 0 atom stereocenters. The molecule has 25 heavy (non-hydrogen) atoms. The van der Waals surface area contributed by atoms with Crippen LogP contribution in [0.15, 0.2) is 63.8 Å². The molecule has 3 aromatic rings. The molecule has 5 heteroatoms. The molecular weight excluding hydrogens is 316 g/mol. The van der Waals surface area contributed by atoms with Crippen LogP contribution in [0.4, 0.5) is 0 Å². The van der Waals surface area contributed by atoms with Gasteiger partial charge in [-0.25, -0.2) is 4.79 Å². The SMILES string of the molecule is O=C(CCn1c(=O)oc2ccccc21)NCC1(c2ccccc2)CC1. The Kier molecular flexibility index (Phi) is 3.92. The number of amides is 1. The summed E-state index contributed by atoms with van der Waals surface area (Å²) in [4.78, 5) is 24.2. The Morgan fingerprint density at radius 1 is 1.08 bits per heavy atom. The van der Waals surface area contributed by atoms with E-state index < -0.39 is 5.76 Å². The Bertz CT molecular complexity index is 952. The highest BCUT2D eigenvalue weighted by molar-refractivity contribution is 5.77. The van der Waals surface area contributed by atoms with Crippen molar-refractivity contribution >= 4 is 17.0 Å². The molecule has 0 bridgehead atoms. The van der Waals surface area contributed by atoms with Gasteiger partial charge in [-0.3, -0.25) is 9.36 Å². The lowest BCUT2D eigenvalue weighted by Crippen LogP contribution is -2.33. The van der Waals surface area contributed by atoms with Crippen LogP contribution in [0.2, 0.25) is 0 Å². The Morgan fingerprint density at radius 2 is 1.80 bits per heavy atom. The van der Waals surface area contributed by atoms with E-state index in [-0.39, 0.29) is 17.7 Å². The fourth-order valence-corrected chi connectivity index (χ4v) is 3.31. The van der Waals surface area contributed by atoms with E-state index in [1.807, 2.05) is 36.4 Å². The molecule has 0 unspecified atom stereocenters. The van der Waals surface area contributed by atoms with Gasteiger partial charge in [-0.15, -0.1) is 0 Å². The summed E-state index contributed by atoms with van der Waals surface area (Å²) in [5.74, 6) is -0.462. The molecule has 2 aromatic carbocycles. The molecule has 0 aliphatic heterocycles. The first kappa shape index (κ1) is 15.7. The molecule has 1 amide bonds. The van der Waals surface area contributed by atoms with Gasteiger partial charge in [0.15, 0.2) is 5.58 Å². The number of nitrogens with zero attached hydrogens (tertiary/aromatic N) is 1. The molecule has 0 spiro atoms. The maximum absolute atomic E-state index is 12.2. The van der Waals surface area contributed by atoms with Gasteiger partial charge in [-0.05, 0) is 30.5 Å². The van der Waals surface area contributed by atoms with Gasteiger partial charge in [0, 0.05) is 24.9 Å². The highest BCUT2D eigenvalue weighted by Crippen LogP contribution is 2.47. The van der Waals surface area contributed by atoms with Crippen molar-refractivity contribution in [2.75, 3.05) is 6.54 Å². The summed E-state index contributed by atoms with van der Waals surface area (Å²) in [6.07, 6.45) is 2.46. The molecule has 0 radical (unpaired) electrons. The summed E-state index contributed by atoms with van der Waals surface area (Å²) < 4.78 is 6.70. The van der Waals surface area contributed by atoms with Gasteiger partial charge in [0.1, 0.15) is 0 Å². The van der Waals surface area contributed by atoms with Gasteiger partial charge in [0.05, 0.1) is 5.52 Å². The molecule has 4 rings (SSSR count). The number of oxazole rings is 1. The van der Waals surface area contributed by atoms with Gasteiger partial charge < -0.3 is 9.73 Å². The van der Waals surface area contributed by atoms with E-state index in [2.05, 4.69) is 17.4 Å². The zero-order valence-electron chi connectivity index (χ0n) is 13.9. The molecule has 1 aliphatic rings. The first-order valence-electron chi connectivity index (χ1n) is 8.59. The Labute approximate surface area is 145 Å². The van der Waals surface area contributed by atoms with Gasteiger partial charge in [0.25, 0.3) is 0 Å². The van der Waals surface area contributed by atoms with Crippen molar-refractivity contribution in [3.05, 3.63) is 70.7 Å². The van der Waals surface area contributed by atoms with Gasteiger partial charge in [-0.2, -0.15) is 0 Å². The van der Waals surface area contributed by atoms with Gasteiger partial charge >= 0.3 is 5.76 Å². The van der Waals surface area contributed by atoms with E-state index in [9.17, 15) is 9.59 Å². The van der Waals surface area contributed by atoms with Crippen molar-refractivity contribution in [2.24, 2.45) is 0 Å². The third kappa shape index (κ3) is 3.09. The Hall–Kier alpha value is -2.82. The predicted octanol–water partition coefficient (Wildman–Crippen LogP) is 2.83. The van der Waals surface area contributed by atoms with Crippen LogP contribution in [0.5, 0.6) is 0 Å². The molecule has 128 valence electrons. The lowest BCUT2D eigenvalue weighted by Gasteiger charge is -2.16. The molecule has 1 saturated carbocycles. The van der Waals surface area contributed by atoms with Crippen LogP contribution in [0.25, 0.3) is 11.1 Å². The lowest BCUT2D eigenvalue weighted by molar-refractivity contribution is -0.121. The molecule has 5 nitrogen and oxygen atoms in total. The highest BCUT2D eigenvalue weighted by Gasteiger charge is 2.44. The van der Waals surface area contributed by atoms with Crippen molar-refractivity contribution < 1.29 is 9.21 Å². The first-order valence-corrected chi connectivity index (χ1v) is 8.59. The fourth-order valence-electron chi connectivity index (χ4n) is 3.31. The second-order valence-corrected chi connectivity index (χ2v) is 6.66. The number of fused-ring (bicyclic) bond motifs is 1. The Morgan fingerprint density at radius 3 is 2.56 bits per heavy atom. The van der Waals surface area contributed by atoms with E-state index >= 15 is 0 Å². The first-order chi connectivity index (χ1) is 12.2. The number of para-hydroxylation sites is 2. The fraction of sp³-hybridized carbons (Fsp3) is 0.300. The molecule has 1 aliphatic carbocycles. The summed E-state index contributed by atoms with van der Waals surface area (Å²) in [6.45, 7) is 0.969. The van der Waals surface area contributed by atoms with Crippen LogP contribution in [0.3, 0.4) is 0 Å². The van der Waals surface area contributed by atoms with Crippen LogP contribution in [-0.2, 0) is 16.8 Å². The Balaban J connectivity index is 1.37.